The highest BCUT2D eigenvalue weighted by atomic mass is 16.5. The van der Waals surface area contributed by atoms with Crippen molar-refractivity contribution < 1.29 is 4.74 Å². The monoisotopic (exact) mass is 212 g/mol. The van der Waals surface area contributed by atoms with Gasteiger partial charge < -0.3 is 4.74 Å². The van der Waals surface area contributed by atoms with Crippen LogP contribution in [-0.4, -0.2) is 7.11 Å². The second-order valence-electron chi connectivity index (χ2n) is 3.97. The molecule has 0 saturated heterocycles. The van der Waals surface area contributed by atoms with Crippen LogP contribution in [0.3, 0.4) is 0 Å². The van der Waals surface area contributed by atoms with Gasteiger partial charge in [0.25, 0.3) is 0 Å². The Hall–Kier alpha value is -1.76. The van der Waals surface area contributed by atoms with E-state index in [0.29, 0.717) is 0 Å². The molecule has 0 radical (unpaired) electrons. The third kappa shape index (κ3) is 1.81. The normalized spacial score (nSPS) is 10.2. The first kappa shape index (κ1) is 10.7. The maximum absolute atomic E-state index is 5.51. The van der Waals surface area contributed by atoms with Crippen molar-refractivity contribution in [3.63, 3.8) is 0 Å². The lowest BCUT2D eigenvalue weighted by molar-refractivity contribution is 0.413. The van der Waals surface area contributed by atoms with E-state index in [1.54, 1.807) is 7.11 Å². The predicted octanol–water partition coefficient (Wildman–Crippen LogP) is 3.98. The van der Waals surface area contributed by atoms with Crippen molar-refractivity contribution in [2.24, 2.45) is 0 Å². The quantitative estimate of drug-likeness (QED) is 0.731. The van der Waals surface area contributed by atoms with Crippen molar-refractivity contribution >= 4 is 0 Å². The first-order valence-electron chi connectivity index (χ1n) is 5.43. The van der Waals surface area contributed by atoms with E-state index in [0.717, 1.165) is 5.75 Å². The van der Waals surface area contributed by atoms with Crippen molar-refractivity contribution in [1.29, 1.82) is 0 Å². The number of aryl methyl sites for hydroxylation is 2. The van der Waals surface area contributed by atoms with E-state index in [9.17, 15) is 0 Å². The van der Waals surface area contributed by atoms with Gasteiger partial charge in [-0.15, -0.1) is 0 Å². The molecule has 0 spiro atoms. The minimum Gasteiger partial charge on any atom is -0.496 e. The Morgan fingerprint density at radius 3 is 2.06 bits per heavy atom. The molecule has 2 rings (SSSR count). The summed E-state index contributed by atoms with van der Waals surface area (Å²) in [5.74, 6) is 0.978. The van der Waals surface area contributed by atoms with Gasteiger partial charge >= 0.3 is 0 Å². The Morgan fingerprint density at radius 2 is 1.44 bits per heavy atom. The van der Waals surface area contributed by atoms with Gasteiger partial charge in [-0.25, -0.2) is 0 Å². The van der Waals surface area contributed by atoms with Crippen LogP contribution in [0, 0.1) is 13.8 Å². The van der Waals surface area contributed by atoms with Crippen LogP contribution in [-0.2, 0) is 0 Å². The highest BCUT2D eigenvalue weighted by Crippen LogP contribution is 2.35. The zero-order valence-corrected chi connectivity index (χ0v) is 9.95. The molecule has 1 nitrogen and oxygen atoms in total. The van der Waals surface area contributed by atoms with Crippen LogP contribution < -0.4 is 4.74 Å². The minimum absolute atomic E-state index is 0.978. The Morgan fingerprint density at radius 1 is 0.812 bits per heavy atom. The molecule has 0 atom stereocenters. The highest BCUT2D eigenvalue weighted by molar-refractivity contribution is 5.75. The zero-order valence-electron chi connectivity index (χ0n) is 9.95. The van der Waals surface area contributed by atoms with Gasteiger partial charge in [0.05, 0.1) is 7.11 Å². The molecule has 0 aliphatic rings. The largest absolute Gasteiger partial charge is 0.496 e. The van der Waals surface area contributed by atoms with Gasteiger partial charge in [-0.2, -0.15) is 0 Å². The van der Waals surface area contributed by atoms with E-state index in [4.69, 9.17) is 4.74 Å². The number of rotatable bonds is 2. The van der Waals surface area contributed by atoms with E-state index >= 15 is 0 Å². The topological polar surface area (TPSA) is 9.23 Å². The summed E-state index contributed by atoms with van der Waals surface area (Å²) in [6.45, 7) is 4.19. The summed E-state index contributed by atoms with van der Waals surface area (Å²) in [5, 5.41) is 0. The van der Waals surface area contributed by atoms with Crippen LogP contribution in [0.15, 0.2) is 42.5 Å². The van der Waals surface area contributed by atoms with Crippen LogP contribution in [0.4, 0.5) is 0 Å². The molecule has 16 heavy (non-hydrogen) atoms. The summed E-state index contributed by atoms with van der Waals surface area (Å²) in [6, 6.07) is 14.6. The average Bonchev–Trinajstić information content (AvgIpc) is 2.33. The fourth-order valence-corrected chi connectivity index (χ4v) is 2.01. The van der Waals surface area contributed by atoms with E-state index < -0.39 is 0 Å². The van der Waals surface area contributed by atoms with Crippen LogP contribution in [0.5, 0.6) is 5.75 Å². The molecular weight excluding hydrogens is 196 g/mol. The zero-order chi connectivity index (χ0) is 11.5. The van der Waals surface area contributed by atoms with Gasteiger partial charge in [-0.1, -0.05) is 42.5 Å². The highest BCUT2D eigenvalue weighted by Gasteiger charge is 2.10. The first-order valence-corrected chi connectivity index (χ1v) is 5.43. The van der Waals surface area contributed by atoms with Crippen LogP contribution >= 0.6 is 0 Å². The van der Waals surface area contributed by atoms with E-state index in [2.05, 4.69) is 50.2 Å². The van der Waals surface area contributed by atoms with Gasteiger partial charge in [0.1, 0.15) is 5.75 Å². The standard InChI is InChI=1S/C15H16O/c1-11-9-10-12(2)15(16-3)14(11)13-7-5-4-6-8-13/h4-10H,1-3H3. The average molecular weight is 212 g/mol. The number of hydrogen-bond donors (Lipinski definition) is 0. The number of benzene rings is 2. The lowest BCUT2D eigenvalue weighted by atomic mass is 9.97. The molecule has 2 aromatic carbocycles. The molecule has 0 unspecified atom stereocenters. The van der Waals surface area contributed by atoms with Crippen molar-refractivity contribution in [1.82, 2.24) is 0 Å². The third-order valence-electron chi connectivity index (χ3n) is 2.83. The maximum Gasteiger partial charge on any atom is 0.129 e. The third-order valence-corrected chi connectivity index (χ3v) is 2.83. The van der Waals surface area contributed by atoms with Gasteiger partial charge in [0, 0.05) is 5.56 Å². The summed E-state index contributed by atoms with van der Waals surface area (Å²) in [4.78, 5) is 0. The minimum atomic E-state index is 0.978. The molecule has 0 aliphatic heterocycles. The van der Waals surface area contributed by atoms with Crippen LogP contribution in [0.1, 0.15) is 11.1 Å². The van der Waals surface area contributed by atoms with Crippen LogP contribution in [0.25, 0.3) is 11.1 Å². The molecule has 0 fully saturated rings. The molecule has 0 bridgehead atoms. The van der Waals surface area contributed by atoms with Crippen molar-refractivity contribution in [3.8, 4) is 16.9 Å². The smallest absolute Gasteiger partial charge is 0.129 e. The lowest BCUT2D eigenvalue weighted by Crippen LogP contribution is -1.93. The van der Waals surface area contributed by atoms with Crippen molar-refractivity contribution in [3.05, 3.63) is 53.6 Å². The molecule has 82 valence electrons. The predicted molar refractivity (Wildman–Crippen MR) is 67.9 cm³/mol. The Labute approximate surface area is 96.7 Å². The Bertz CT molecular complexity index is 486. The molecule has 0 saturated carbocycles. The van der Waals surface area contributed by atoms with E-state index in [-0.39, 0.29) is 0 Å². The molecule has 2 aromatic rings. The molecule has 0 aromatic heterocycles. The molecule has 0 amide bonds. The molecular formula is C15H16O. The second kappa shape index (κ2) is 4.40. The van der Waals surface area contributed by atoms with Gasteiger partial charge in [0.15, 0.2) is 0 Å². The Balaban J connectivity index is 2.68. The summed E-state index contributed by atoms with van der Waals surface area (Å²) in [7, 11) is 1.73. The molecule has 0 heterocycles. The molecule has 0 aliphatic carbocycles. The SMILES string of the molecule is COc1c(C)ccc(C)c1-c1ccccc1. The maximum atomic E-state index is 5.51. The van der Waals surface area contributed by atoms with Gasteiger partial charge in [0.2, 0.25) is 0 Å². The number of hydrogen-bond acceptors (Lipinski definition) is 1. The fourth-order valence-electron chi connectivity index (χ4n) is 2.01. The van der Waals surface area contributed by atoms with Crippen molar-refractivity contribution in [2.75, 3.05) is 7.11 Å². The number of methoxy groups -OCH3 is 1. The van der Waals surface area contributed by atoms with E-state index in [1.807, 2.05) is 6.07 Å². The van der Waals surface area contributed by atoms with Gasteiger partial charge in [-0.05, 0) is 30.5 Å². The summed E-state index contributed by atoms with van der Waals surface area (Å²) in [6.07, 6.45) is 0. The molecule has 1 heteroatoms. The van der Waals surface area contributed by atoms with Gasteiger partial charge in [-0.3, -0.25) is 0 Å². The van der Waals surface area contributed by atoms with E-state index in [1.165, 1.54) is 22.3 Å². The van der Waals surface area contributed by atoms with Crippen molar-refractivity contribution in [2.45, 2.75) is 13.8 Å². The molecule has 0 N–H and O–H groups in total. The number of ether oxygens (including phenoxy) is 1. The van der Waals surface area contributed by atoms with Crippen LogP contribution in [0.2, 0.25) is 0 Å². The second-order valence-corrected chi connectivity index (χ2v) is 3.97. The Kier molecular flexibility index (Phi) is 2.95. The lowest BCUT2D eigenvalue weighted by Gasteiger charge is -2.14. The fraction of sp³-hybridized carbons (Fsp3) is 0.200. The summed E-state index contributed by atoms with van der Waals surface area (Å²) >= 11 is 0. The summed E-state index contributed by atoms with van der Waals surface area (Å²) < 4.78 is 5.51. The first-order chi connectivity index (χ1) is 7.74. The summed E-state index contributed by atoms with van der Waals surface area (Å²) in [5.41, 5.74) is 4.82.